The number of carbonyl (C=O) groups excluding carboxylic acids is 1. The van der Waals surface area contributed by atoms with Crippen molar-refractivity contribution in [3.63, 3.8) is 0 Å². The average molecular weight is 196 g/mol. The zero-order valence-electron chi connectivity index (χ0n) is 7.73. The summed E-state index contributed by atoms with van der Waals surface area (Å²) < 4.78 is 9.97. The van der Waals surface area contributed by atoms with Crippen molar-refractivity contribution in [3.05, 3.63) is 23.7 Å². The predicted molar refractivity (Wildman–Crippen MR) is 48.4 cm³/mol. The van der Waals surface area contributed by atoms with Crippen molar-refractivity contribution in [2.24, 2.45) is 5.73 Å². The van der Waals surface area contributed by atoms with E-state index in [1.807, 2.05) is 6.07 Å². The number of ether oxygens (including phenoxy) is 1. The number of carbonyl (C=O) groups is 1. The number of rotatable bonds is 3. The van der Waals surface area contributed by atoms with E-state index in [-0.39, 0.29) is 6.09 Å². The fourth-order valence-electron chi connectivity index (χ4n) is 1.46. The Kier molecular flexibility index (Phi) is 2.41. The molecule has 1 aliphatic heterocycles. The van der Waals surface area contributed by atoms with Gasteiger partial charge in [0.2, 0.25) is 0 Å². The smallest absolute Gasteiger partial charge is 0.410 e. The quantitative estimate of drug-likeness (QED) is 0.772. The van der Waals surface area contributed by atoms with Gasteiger partial charge >= 0.3 is 6.09 Å². The van der Waals surface area contributed by atoms with E-state index in [9.17, 15) is 4.79 Å². The van der Waals surface area contributed by atoms with E-state index in [0.29, 0.717) is 26.2 Å². The molecule has 2 rings (SSSR count). The molecule has 0 saturated carbocycles. The topological polar surface area (TPSA) is 68.7 Å². The van der Waals surface area contributed by atoms with Crippen LogP contribution in [0.15, 0.2) is 16.7 Å². The molecule has 1 aliphatic rings. The molecule has 1 aromatic heterocycles. The number of nitrogens with two attached hydrogens (primary N) is 1. The van der Waals surface area contributed by atoms with Crippen molar-refractivity contribution in [1.82, 2.24) is 4.90 Å². The van der Waals surface area contributed by atoms with Gasteiger partial charge in [0.25, 0.3) is 0 Å². The van der Waals surface area contributed by atoms with Crippen LogP contribution in [0.3, 0.4) is 0 Å². The largest absolute Gasteiger partial charge is 0.468 e. The lowest BCUT2D eigenvalue weighted by molar-refractivity contribution is 0.157. The van der Waals surface area contributed by atoms with E-state index < -0.39 is 0 Å². The molecule has 1 fully saturated rings. The van der Waals surface area contributed by atoms with Crippen molar-refractivity contribution in [1.29, 1.82) is 0 Å². The van der Waals surface area contributed by atoms with Gasteiger partial charge in [0.15, 0.2) is 0 Å². The van der Waals surface area contributed by atoms with E-state index in [4.69, 9.17) is 14.9 Å². The van der Waals surface area contributed by atoms with Crippen molar-refractivity contribution >= 4 is 6.09 Å². The Hall–Kier alpha value is -1.49. The molecular formula is C9H12N2O3. The highest BCUT2D eigenvalue weighted by Crippen LogP contribution is 2.15. The molecule has 0 unspecified atom stereocenters. The third-order valence-electron chi connectivity index (χ3n) is 2.23. The molecule has 0 aromatic carbocycles. The first-order valence-electron chi connectivity index (χ1n) is 4.48. The van der Waals surface area contributed by atoms with Gasteiger partial charge in [-0.1, -0.05) is 0 Å². The standard InChI is InChI=1S/C9H12N2O3/c10-5-8-7(1-3-13-8)6-11-2-4-14-9(11)12/h1,3H,2,4-6,10H2. The van der Waals surface area contributed by atoms with Crippen molar-refractivity contribution in [2.45, 2.75) is 13.1 Å². The summed E-state index contributed by atoms with van der Waals surface area (Å²) in [6.45, 7) is 1.97. The lowest BCUT2D eigenvalue weighted by atomic mass is 10.2. The van der Waals surface area contributed by atoms with Gasteiger partial charge in [-0.15, -0.1) is 0 Å². The normalized spacial score (nSPS) is 16.1. The van der Waals surface area contributed by atoms with E-state index >= 15 is 0 Å². The highest BCUT2D eigenvalue weighted by molar-refractivity contribution is 5.69. The van der Waals surface area contributed by atoms with Crippen LogP contribution in [0.5, 0.6) is 0 Å². The molecule has 2 heterocycles. The fourth-order valence-corrected chi connectivity index (χ4v) is 1.46. The molecule has 1 saturated heterocycles. The first-order valence-corrected chi connectivity index (χ1v) is 4.48. The minimum Gasteiger partial charge on any atom is -0.468 e. The number of cyclic esters (lactones) is 1. The Morgan fingerprint density at radius 2 is 2.43 bits per heavy atom. The highest BCUT2D eigenvalue weighted by Gasteiger charge is 2.23. The Labute approximate surface area is 81.4 Å². The van der Waals surface area contributed by atoms with Crippen LogP contribution in [0.25, 0.3) is 0 Å². The lowest BCUT2D eigenvalue weighted by Gasteiger charge is -2.11. The first-order chi connectivity index (χ1) is 6.81. The molecule has 14 heavy (non-hydrogen) atoms. The van der Waals surface area contributed by atoms with Gasteiger partial charge < -0.3 is 19.8 Å². The molecule has 1 aromatic rings. The zero-order chi connectivity index (χ0) is 9.97. The lowest BCUT2D eigenvalue weighted by Crippen LogP contribution is -2.23. The Morgan fingerprint density at radius 3 is 3.07 bits per heavy atom. The maximum atomic E-state index is 11.1. The molecule has 0 atom stereocenters. The van der Waals surface area contributed by atoms with Crippen LogP contribution in [0.1, 0.15) is 11.3 Å². The number of furan rings is 1. The second-order valence-corrected chi connectivity index (χ2v) is 3.11. The molecule has 2 N–H and O–H groups in total. The molecule has 0 spiro atoms. The van der Waals surface area contributed by atoms with Crippen molar-refractivity contribution in [3.8, 4) is 0 Å². The fraction of sp³-hybridized carbons (Fsp3) is 0.444. The predicted octanol–water partition coefficient (Wildman–Crippen LogP) is 0.691. The Balaban J connectivity index is 2.06. The summed E-state index contributed by atoms with van der Waals surface area (Å²) in [4.78, 5) is 12.8. The summed E-state index contributed by atoms with van der Waals surface area (Å²) >= 11 is 0. The molecule has 76 valence electrons. The van der Waals surface area contributed by atoms with Crippen LogP contribution in [0.2, 0.25) is 0 Å². The van der Waals surface area contributed by atoms with Gasteiger partial charge in [-0.25, -0.2) is 4.79 Å². The summed E-state index contributed by atoms with van der Waals surface area (Å²) in [5, 5.41) is 0. The number of nitrogens with zero attached hydrogens (tertiary/aromatic N) is 1. The zero-order valence-corrected chi connectivity index (χ0v) is 7.73. The van der Waals surface area contributed by atoms with E-state index in [1.165, 1.54) is 0 Å². The summed E-state index contributed by atoms with van der Waals surface area (Å²) in [6.07, 6.45) is 1.31. The van der Waals surface area contributed by atoms with Gasteiger partial charge in [-0.05, 0) is 6.07 Å². The van der Waals surface area contributed by atoms with Gasteiger partial charge in [-0.3, -0.25) is 0 Å². The molecule has 0 radical (unpaired) electrons. The summed E-state index contributed by atoms with van der Waals surface area (Å²) in [7, 11) is 0. The molecular weight excluding hydrogens is 184 g/mol. The second-order valence-electron chi connectivity index (χ2n) is 3.11. The summed E-state index contributed by atoms with van der Waals surface area (Å²) in [5.41, 5.74) is 6.43. The maximum Gasteiger partial charge on any atom is 0.410 e. The van der Waals surface area contributed by atoms with Gasteiger partial charge in [-0.2, -0.15) is 0 Å². The van der Waals surface area contributed by atoms with Crippen LogP contribution in [-0.4, -0.2) is 24.1 Å². The Morgan fingerprint density at radius 1 is 1.57 bits per heavy atom. The summed E-state index contributed by atoms with van der Waals surface area (Å²) in [5.74, 6) is 0.727. The minimum atomic E-state index is -0.269. The van der Waals surface area contributed by atoms with Crippen molar-refractivity contribution in [2.75, 3.05) is 13.2 Å². The highest BCUT2D eigenvalue weighted by atomic mass is 16.6. The Bertz CT molecular complexity index is 335. The summed E-state index contributed by atoms with van der Waals surface area (Å²) in [6, 6.07) is 1.83. The van der Waals surface area contributed by atoms with Crippen LogP contribution >= 0.6 is 0 Å². The number of hydrogen-bond donors (Lipinski definition) is 1. The van der Waals surface area contributed by atoms with Crippen LogP contribution < -0.4 is 5.73 Å². The third kappa shape index (κ3) is 1.58. The van der Waals surface area contributed by atoms with Crippen LogP contribution in [-0.2, 0) is 17.8 Å². The molecule has 0 bridgehead atoms. The van der Waals surface area contributed by atoms with E-state index in [0.717, 1.165) is 11.3 Å². The SMILES string of the molecule is NCc1occc1CN1CCOC1=O. The van der Waals surface area contributed by atoms with Gasteiger partial charge in [0.1, 0.15) is 12.4 Å². The van der Waals surface area contributed by atoms with Crippen LogP contribution in [0.4, 0.5) is 4.79 Å². The van der Waals surface area contributed by atoms with E-state index in [2.05, 4.69) is 0 Å². The second kappa shape index (κ2) is 3.71. The first kappa shape index (κ1) is 9.08. The average Bonchev–Trinajstić information content (AvgIpc) is 2.77. The molecule has 5 nitrogen and oxygen atoms in total. The van der Waals surface area contributed by atoms with Crippen LogP contribution in [0, 0.1) is 0 Å². The number of hydrogen-bond acceptors (Lipinski definition) is 4. The molecule has 1 amide bonds. The number of amides is 1. The molecule has 0 aliphatic carbocycles. The monoisotopic (exact) mass is 196 g/mol. The minimum absolute atomic E-state index is 0.269. The van der Waals surface area contributed by atoms with E-state index in [1.54, 1.807) is 11.2 Å². The van der Waals surface area contributed by atoms with Gasteiger partial charge in [0.05, 0.1) is 25.9 Å². The maximum absolute atomic E-state index is 11.1. The third-order valence-corrected chi connectivity index (χ3v) is 2.23. The van der Waals surface area contributed by atoms with Crippen molar-refractivity contribution < 1.29 is 13.9 Å². The van der Waals surface area contributed by atoms with Gasteiger partial charge in [0, 0.05) is 5.56 Å². The molecule has 5 heteroatoms.